The zero-order chi connectivity index (χ0) is 25.4. The fourth-order valence-electron chi connectivity index (χ4n) is 4.73. The van der Waals surface area contributed by atoms with Gasteiger partial charge in [-0.2, -0.15) is 0 Å². The van der Waals surface area contributed by atoms with Crippen molar-refractivity contribution >= 4 is 40.0 Å². The summed E-state index contributed by atoms with van der Waals surface area (Å²) in [6.07, 6.45) is 2.39. The molecule has 1 aromatic heterocycles. The van der Waals surface area contributed by atoms with Crippen molar-refractivity contribution in [2.75, 3.05) is 13.7 Å². The first kappa shape index (κ1) is 23.7. The summed E-state index contributed by atoms with van der Waals surface area (Å²) in [6.45, 7) is 2.20. The van der Waals surface area contributed by atoms with Crippen molar-refractivity contribution in [3.05, 3.63) is 106 Å². The monoisotopic (exact) mass is 500 g/mol. The molecule has 5 rings (SSSR count). The van der Waals surface area contributed by atoms with Crippen molar-refractivity contribution in [2.45, 2.75) is 19.4 Å². The molecule has 1 aliphatic rings. The number of hydrogen-bond donors (Lipinski definition) is 2. The highest BCUT2D eigenvalue weighted by Crippen LogP contribution is 2.42. The summed E-state index contributed by atoms with van der Waals surface area (Å²) in [5.41, 5.74) is 4.06. The first-order valence-corrected chi connectivity index (χ1v) is 12.0. The minimum absolute atomic E-state index is 0.0394. The summed E-state index contributed by atoms with van der Waals surface area (Å²) in [4.78, 5) is 31.3. The molecule has 2 N–H and O–H groups in total. The summed E-state index contributed by atoms with van der Waals surface area (Å²) in [5, 5.41) is 12.6. The summed E-state index contributed by atoms with van der Waals surface area (Å²) in [5.74, 6) is -0.861. The lowest BCUT2D eigenvalue weighted by Crippen LogP contribution is -2.31. The molecule has 7 heteroatoms. The lowest BCUT2D eigenvalue weighted by atomic mass is 9.95. The number of methoxy groups -OCH3 is 1. The van der Waals surface area contributed by atoms with E-state index in [1.165, 1.54) is 4.90 Å². The molecule has 0 unspecified atom stereocenters. The summed E-state index contributed by atoms with van der Waals surface area (Å²) in [7, 11) is 1.62. The van der Waals surface area contributed by atoms with E-state index in [9.17, 15) is 14.7 Å². The molecule has 1 aliphatic heterocycles. The Morgan fingerprint density at radius 1 is 1.08 bits per heavy atom. The second-order valence-corrected chi connectivity index (χ2v) is 9.26. The van der Waals surface area contributed by atoms with Crippen LogP contribution in [0.5, 0.6) is 5.75 Å². The normalized spacial score (nSPS) is 17.2. The van der Waals surface area contributed by atoms with E-state index in [0.717, 1.165) is 27.8 Å². The van der Waals surface area contributed by atoms with Gasteiger partial charge >= 0.3 is 0 Å². The summed E-state index contributed by atoms with van der Waals surface area (Å²) in [6, 6.07) is 19.2. The third-order valence-electron chi connectivity index (χ3n) is 6.66. The van der Waals surface area contributed by atoms with Crippen LogP contribution in [0.2, 0.25) is 5.02 Å². The zero-order valence-corrected chi connectivity index (χ0v) is 20.7. The number of aliphatic hydroxyl groups is 1. The van der Waals surface area contributed by atoms with Gasteiger partial charge < -0.3 is 19.7 Å². The van der Waals surface area contributed by atoms with Crippen LogP contribution in [0.1, 0.15) is 28.3 Å². The number of halogens is 1. The number of aromatic amines is 1. The molecule has 182 valence electrons. The number of H-pyrrole nitrogens is 1. The van der Waals surface area contributed by atoms with Gasteiger partial charge in [0.15, 0.2) is 0 Å². The van der Waals surface area contributed by atoms with Crippen molar-refractivity contribution in [1.29, 1.82) is 0 Å². The number of amides is 1. The Bertz CT molecular complexity index is 1500. The van der Waals surface area contributed by atoms with Gasteiger partial charge in [-0.15, -0.1) is 0 Å². The number of fused-ring (bicyclic) bond motifs is 1. The van der Waals surface area contributed by atoms with Crippen LogP contribution in [-0.4, -0.2) is 40.3 Å². The van der Waals surface area contributed by atoms with Crippen LogP contribution in [0.3, 0.4) is 0 Å². The third kappa shape index (κ3) is 4.14. The number of hydrogen-bond acceptors (Lipinski definition) is 4. The average molecular weight is 501 g/mol. The molecule has 3 aromatic carbocycles. The van der Waals surface area contributed by atoms with E-state index in [4.69, 9.17) is 16.3 Å². The number of nitrogens with one attached hydrogen (secondary N) is 1. The highest BCUT2D eigenvalue weighted by atomic mass is 35.5. The lowest BCUT2D eigenvalue weighted by Gasteiger charge is -2.26. The van der Waals surface area contributed by atoms with Gasteiger partial charge in [-0.05, 0) is 48.7 Å². The number of aryl methyl sites for hydroxylation is 1. The largest absolute Gasteiger partial charge is 0.507 e. The minimum Gasteiger partial charge on any atom is -0.507 e. The molecule has 4 aromatic rings. The van der Waals surface area contributed by atoms with E-state index in [2.05, 4.69) is 4.98 Å². The molecular weight excluding hydrogens is 476 g/mol. The average Bonchev–Trinajstić information content (AvgIpc) is 3.40. The van der Waals surface area contributed by atoms with Gasteiger partial charge in [0.05, 0.1) is 18.7 Å². The maximum atomic E-state index is 13.3. The molecule has 6 nitrogen and oxygen atoms in total. The van der Waals surface area contributed by atoms with E-state index < -0.39 is 17.7 Å². The third-order valence-corrected chi connectivity index (χ3v) is 7.01. The van der Waals surface area contributed by atoms with E-state index in [1.54, 1.807) is 43.5 Å². The zero-order valence-electron chi connectivity index (χ0n) is 19.9. The van der Waals surface area contributed by atoms with Gasteiger partial charge in [-0.3, -0.25) is 9.59 Å². The van der Waals surface area contributed by atoms with Crippen molar-refractivity contribution in [2.24, 2.45) is 0 Å². The van der Waals surface area contributed by atoms with E-state index in [0.29, 0.717) is 22.6 Å². The molecular formula is C29H25ClN2O4. The van der Waals surface area contributed by atoms with Gasteiger partial charge in [0.2, 0.25) is 0 Å². The van der Waals surface area contributed by atoms with E-state index >= 15 is 0 Å². The predicted molar refractivity (Wildman–Crippen MR) is 140 cm³/mol. The number of nitrogens with zero attached hydrogens (tertiary/aromatic N) is 1. The fourth-order valence-corrected chi connectivity index (χ4v) is 4.97. The fraction of sp³-hybridized carbons (Fsp3) is 0.172. The molecule has 2 heterocycles. The predicted octanol–water partition coefficient (Wildman–Crippen LogP) is 5.80. The van der Waals surface area contributed by atoms with Crippen LogP contribution in [0.25, 0.3) is 16.7 Å². The van der Waals surface area contributed by atoms with Gasteiger partial charge in [-0.25, -0.2) is 0 Å². The molecule has 0 spiro atoms. The number of rotatable bonds is 6. The Morgan fingerprint density at radius 2 is 1.83 bits per heavy atom. The second-order valence-electron chi connectivity index (χ2n) is 8.86. The molecule has 0 saturated carbocycles. The van der Waals surface area contributed by atoms with Gasteiger partial charge in [0, 0.05) is 34.2 Å². The standard InChI is InChI=1S/C29H25ClN2O4/c1-17-7-9-18(10-8-17)27(33)25-26(21-5-3-4-6-23(21)30)32(29(35)28(25)34)14-13-19-16-31-24-12-11-20(36-2)15-22(19)24/h3-12,15-16,26,31,33H,13-14H2,1-2H3/t26-/m1/s1. The minimum atomic E-state index is -0.806. The topological polar surface area (TPSA) is 82.6 Å². The number of carbonyl (C=O) groups is 2. The Morgan fingerprint density at radius 3 is 2.56 bits per heavy atom. The summed E-state index contributed by atoms with van der Waals surface area (Å²) < 4.78 is 5.36. The maximum Gasteiger partial charge on any atom is 0.295 e. The lowest BCUT2D eigenvalue weighted by molar-refractivity contribution is -0.139. The Labute approximate surface area is 213 Å². The Kier molecular flexibility index (Phi) is 6.29. The van der Waals surface area contributed by atoms with Crippen LogP contribution in [0, 0.1) is 6.92 Å². The van der Waals surface area contributed by atoms with Crippen LogP contribution in [0.4, 0.5) is 0 Å². The summed E-state index contributed by atoms with van der Waals surface area (Å²) >= 11 is 6.54. The van der Waals surface area contributed by atoms with Crippen LogP contribution in [0.15, 0.2) is 78.5 Å². The van der Waals surface area contributed by atoms with Crippen LogP contribution < -0.4 is 4.74 Å². The molecule has 1 atom stereocenters. The van der Waals surface area contributed by atoms with Gasteiger partial charge in [0.1, 0.15) is 11.5 Å². The molecule has 1 amide bonds. The van der Waals surface area contributed by atoms with Crippen molar-refractivity contribution in [3.8, 4) is 5.75 Å². The number of ketones is 1. The van der Waals surface area contributed by atoms with Crippen LogP contribution in [-0.2, 0) is 16.0 Å². The van der Waals surface area contributed by atoms with E-state index in [-0.39, 0.29) is 17.9 Å². The molecule has 36 heavy (non-hydrogen) atoms. The smallest absolute Gasteiger partial charge is 0.295 e. The van der Waals surface area contributed by atoms with Crippen molar-refractivity contribution < 1.29 is 19.4 Å². The van der Waals surface area contributed by atoms with Gasteiger partial charge in [0.25, 0.3) is 11.7 Å². The number of carbonyl (C=O) groups excluding carboxylic acids is 2. The highest BCUT2D eigenvalue weighted by molar-refractivity contribution is 6.47. The highest BCUT2D eigenvalue weighted by Gasteiger charge is 2.46. The first-order valence-electron chi connectivity index (χ1n) is 11.6. The molecule has 0 bridgehead atoms. The Hall–Kier alpha value is -4.03. The van der Waals surface area contributed by atoms with E-state index in [1.807, 2.05) is 43.5 Å². The van der Waals surface area contributed by atoms with Gasteiger partial charge in [-0.1, -0.05) is 59.6 Å². The molecule has 0 radical (unpaired) electrons. The number of aliphatic hydroxyl groups excluding tert-OH is 1. The Balaban J connectivity index is 1.56. The molecule has 0 aliphatic carbocycles. The maximum absolute atomic E-state index is 13.3. The molecule has 1 saturated heterocycles. The molecule has 1 fully saturated rings. The number of benzene rings is 3. The number of Topliss-reactive ketones (excluding diaryl/α,β-unsaturated/α-hetero) is 1. The number of ether oxygens (including phenoxy) is 1. The van der Waals surface area contributed by atoms with Crippen molar-refractivity contribution in [3.63, 3.8) is 0 Å². The quantitative estimate of drug-likeness (QED) is 0.199. The first-order chi connectivity index (χ1) is 17.4. The number of aromatic nitrogens is 1. The second kappa shape index (κ2) is 9.55. The number of likely N-dealkylation sites (tertiary alicyclic amines) is 1. The SMILES string of the molecule is COc1ccc2[nH]cc(CCN3C(=O)C(=O)C(=C(O)c4ccc(C)cc4)[C@H]3c3ccccc3Cl)c2c1. The van der Waals surface area contributed by atoms with Crippen molar-refractivity contribution in [1.82, 2.24) is 9.88 Å². The van der Waals surface area contributed by atoms with Crippen LogP contribution >= 0.6 is 11.6 Å².